The zero-order chi connectivity index (χ0) is 9.03. The van der Waals surface area contributed by atoms with Gasteiger partial charge in [0.25, 0.3) is 0 Å². The Hall–Kier alpha value is -1.30. The van der Waals surface area contributed by atoms with Gasteiger partial charge < -0.3 is 0 Å². The summed E-state index contributed by atoms with van der Waals surface area (Å²) in [6.45, 7) is 3.33. The number of aromatic amines is 1. The number of sulfonamides is 1. The number of hydrogen-bond acceptors (Lipinski definition) is 3. The molecule has 66 valence electrons. The van der Waals surface area contributed by atoms with E-state index in [1.807, 2.05) is 0 Å². The number of nitrogens with zero attached hydrogens (tertiary/aromatic N) is 1. The Kier molecular flexibility index (Phi) is 2.49. The molecule has 6 heteroatoms. The molecule has 1 aromatic heterocycles. The van der Waals surface area contributed by atoms with Crippen LogP contribution < -0.4 is 4.72 Å². The maximum Gasteiger partial charge on any atom is 0.237 e. The molecule has 0 aliphatic carbocycles. The van der Waals surface area contributed by atoms with Gasteiger partial charge >= 0.3 is 0 Å². The van der Waals surface area contributed by atoms with E-state index in [1.54, 1.807) is 0 Å². The van der Waals surface area contributed by atoms with Crippen molar-refractivity contribution in [1.29, 1.82) is 0 Å². The molecule has 0 unspecified atom stereocenters. The minimum absolute atomic E-state index is 0.105. The molecule has 1 aromatic rings. The van der Waals surface area contributed by atoms with E-state index in [9.17, 15) is 8.42 Å². The molecule has 5 nitrogen and oxygen atoms in total. The van der Waals surface area contributed by atoms with Crippen LogP contribution in [0.5, 0.6) is 0 Å². The zero-order valence-electron chi connectivity index (χ0n) is 6.32. The van der Waals surface area contributed by atoms with Crippen molar-refractivity contribution in [3.05, 3.63) is 24.9 Å². The second kappa shape index (κ2) is 3.40. The number of anilines is 1. The molecule has 1 rings (SSSR count). The highest BCUT2D eigenvalue weighted by atomic mass is 32.2. The van der Waals surface area contributed by atoms with E-state index in [0.29, 0.717) is 5.82 Å². The lowest BCUT2D eigenvalue weighted by molar-refractivity contribution is 0.604. The summed E-state index contributed by atoms with van der Waals surface area (Å²) >= 11 is 0. The fourth-order valence-electron chi connectivity index (χ4n) is 0.677. The summed E-state index contributed by atoms with van der Waals surface area (Å²) < 4.78 is 24.4. The summed E-state index contributed by atoms with van der Waals surface area (Å²) in [7, 11) is -3.29. The summed E-state index contributed by atoms with van der Waals surface area (Å²) in [4.78, 5) is 0. The van der Waals surface area contributed by atoms with Gasteiger partial charge in [0.1, 0.15) is 5.82 Å². The van der Waals surface area contributed by atoms with Gasteiger partial charge in [-0.05, 0) is 0 Å². The molecule has 0 bridgehead atoms. The van der Waals surface area contributed by atoms with Crippen LogP contribution in [-0.2, 0) is 10.0 Å². The van der Waals surface area contributed by atoms with E-state index in [0.717, 1.165) is 0 Å². The highest BCUT2D eigenvalue weighted by Crippen LogP contribution is 2.02. The van der Waals surface area contributed by atoms with Crippen molar-refractivity contribution in [2.75, 3.05) is 10.5 Å². The Labute approximate surface area is 70.5 Å². The molecule has 1 heterocycles. The summed E-state index contributed by atoms with van der Waals surface area (Å²) in [5.74, 6) is 0.253. The maximum absolute atomic E-state index is 11.1. The first-order valence-corrected chi connectivity index (χ1v) is 4.90. The minimum Gasteiger partial charge on any atom is -0.267 e. The predicted molar refractivity (Wildman–Crippen MR) is 46.2 cm³/mol. The van der Waals surface area contributed by atoms with Crippen LogP contribution in [0.25, 0.3) is 0 Å². The van der Waals surface area contributed by atoms with Crippen molar-refractivity contribution >= 4 is 15.8 Å². The van der Waals surface area contributed by atoms with Gasteiger partial charge in [0.05, 0.1) is 11.9 Å². The van der Waals surface area contributed by atoms with Crippen molar-refractivity contribution < 1.29 is 8.42 Å². The topological polar surface area (TPSA) is 74.8 Å². The normalized spacial score (nSPS) is 11.0. The Morgan fingerprint density at radius 1 is 1.75 bits per heavy atom. The average molecular weight is 187 g/mol. The van der Waals surface area contributed by atoms with Gasteiger partial charge in [-0.1, -0.05) is 6.08 Å². The quantitative estimate of drug-likeness (QED) is 0.667. The van der Waals surface area contributed by atoms with E-state index < -0.39 is 10.0 Å². The number of aromatic nitrogens is 2. The lowest BCUT2D eigenvalue weighted by atomic mass is 10.7. The minimum atomic E-state index is -3.29. The second-order valence-corrected chi connectivity index (χ2v) is 3.91. The first-order valence-electron chi connectivity index (χ1n) is 3.25. The molecular formula is C6H9N3O2S. The lowest BCUT2D eigenvalue weighted by Crippen LogP contribution is -2.15. The van der Waals surface area contributed by atoms with Crippen molar-refractivity contribution in [3.63, 3.8) is 0 Å². The molecule has 0 spiro atoms. The van der Waals surface area contributed by atoms with Crippen LogP contribution in [0.2, 0.25) is 0 Å². The Morgan fingerprint density at radius 2 is 2.50 bits per heavy atom. The molecule has 0 radical (unpaired) electrons. The summed E-state index contributed by atoms with van der Waals surface area (Å²) in [5, 5.41) is 6.07. The zero-order valence-corrected chi connectivity index (χ0v) is 7.13. The standard InChI is InChI=1S/C6H9N3O2S/c1-2-5-12(10,11)9-6-3-4-7-8-6/h2-4H,1,5H2,(H2,7,8,9). The largest absolute Gasteiger partial charge is 0.267 e. The van der Waals surface area contributed by atoms with Gasteiger partial charge in [-0.25, -0.2) is 8.42 Å². The SMILES string of the molecule is C=CCS(=O)(=O)Nc1ccn[nH]1. The molecule has 0 amide bonds. The van der Waals surface area contributed by atoms with Crippen LogP contribution in [-0.4, -0.2) is 24.4 Å². The highest BCUT2D eigenvalue weighted by Gasteiger charge is 2.07. The van der Waals surface area contributed by atoms with Crippen LogP contribution in [0.4, 0.5) is 5.82 Å². The average Bonchev–Trinajstić information content (AvgIpc) is 2.38. The Balaban J connectivity index is 2.69. The van der Waals surface area contributed by atoms with Gasteiger partial charge in [0.2, 0.25) is 10.0 Å². The van der Waals surface area contributed by atoms with Gasteiger partial charge in [-0.2, -0.15) is 5.10 Å². The molecule has 0 aliphatic heterocycles. The third-order valence-corrected chi connectivity index (χ3v) is 2.31. The Morgan fingerprint density at radius 3 is 3.00 bits per heavy atom. The second-order valence-electron chi connectivity index (χ2n) is 2.14. The molecule has 0 saturated carbocycles. The van der Waals surface area contributed by atoms with Gasteiger partial charge in [0.15, 0.2) is 0 Å². The Bertz CT molecular complexity index is 341. The number of H-pyrrole nitrogens is 1. The van der Waals surface area contributed by atoms with Gasteiger partial charge in [-0.15, -0.1) is 6.58 Å². The third-order valence-electron chi connectivity index (χ3n) is 1.10. The predicted octanol–water partition coefficient (Wildman–Crippen LogP) is 0.337. The smallest absolute Gasteiger partial charge is 0.237 e. The van der Waals surface area contributed by atoms with E-state index in [1.165, 1.54) is 18.3 Å². The molecule has 0 aromatic carbocycles. The molecular weight excluding hydrogens is 178 g/mol. The molecule has 0 atom stereocenters. The summed E-state index contributed by atoms with van der Waals surface area (Å²) in [6.07, 6.45) is 2.78. The van der Waals surface area contributed by atoms with Crippen molar-refractivity contribution in [1.82, 2.24) is 10.2 Å². The van der Waals surface area contributed by atoms with E-state index in [-0.39, 0.29) is 5.75 Å². The first-order chi connectivity index (χ1) is 5.64. The molecule has 12 heavy (non-hydrogen) atoms. The van der Waals surface area contributed by atoms with Crippen LogP contribution in [0.15, 0.2) is 24.9 Å². The van der Waals surface area contributed by atoms with Crippen molar-refractivity contribution in [2.45, 2.75) is 0 Å². The highest BCUT2D eigenvalue weighted by molar-refractivity contribution is 7.92. The van der Waals surface area contributed by atoms with E-state index in [4.69, 9.17) is 0 Å². The fourth-order valence-corrected chi connectivity index (χ4v) is 1.52. The molecule has 2 N–H and O–H groups in total. The van der Waals surface area contributed by atoms with E-state index >= 15 is 0 Å². The number of hydrogen-bond donors (Lipinski definition) is 2. The fraction of sp³-hybridized carbons (Fsp3) is 0.167. The summed E-state index contributed by atoms with van der Waals surface area (Å²) in [5.41, 5.74) is 0. The van der Waals surface area contributed by atoms with Gasteiger partial charge in [-0.3, -0.25) is 9.82 Å². The first kappa shape index (κ1) is 8.79. The molecule has 0 aliphatic rings. The van der Waals surface area contributed by atoms with Gasteiger partial charge in [0, 0.05) is 6.07 Å². The van der Waals surface area contributed by atoms with Crippen LogP contribution in [0.1, 0.15) is 0 Å². The van der Waals surface area contributed by atoms with E-state index in [2.05, 4.69) is 21.5 Å². The number of nitrogens with one attached hydrogen (secondary N) is 2. The van der Waals surface area contributed by atoms with Crippen molar-refractivity contribution in [3.8, 4) is 0 Å². The summed E-state index contributed by atoms with van der Waals surface area (Å²) in [6, 6.07) is 1.53. The number of rotatable bonds is 4. The van der Waals surface area contributed by atoms with Crippen LogP contribution >= 0.6 is 0 Å². The molecule has 0 saturated heterocycles. The monoisotopic (exact) mass is 187 g/mol. The lowest BCUT2D eigenvalue weighted by Gasteiger charge is -2.01. The molecule has 0 fully saturated rings. The van der Waals surface area contributed by atoms with Crippen LogP contribution in [0, 0.1) is 0 Å². The van der Waals surface area contributed by atoms with Crippen molar-refractivity contribution in [2.24, 2.45) is 0 Å². The van der Waals surface area contributed by atoms with Crippen LogP contribution in [0.3, 0.4) is 0 Å². The third kappa shape index (κ3) is 2.39. The maximum atomic E-state index is 11.1.